The number of rotatable bonds is 6. The predicted molar refractivity (Wildman–Crippen MR) is 134 cm³/mol. The molecule has 0 atom stereocenters. The lowest BCUT2D eigenvalue weighted by Crippen LogP contribution is -2.51. The highest BCUT2D eigenvalue weighted by Gasteiger charge is 2.41. The first-order valence-corrected chi connectivity index (χ1v) is 11.7. The Hall–Kier alpha value is -4.60. The average molecular weight is 503 g/mol. The van der Waals surface area contributed by atoms with Crippen LogP contribution < -0.4 is 10.6 Å². The van der Waals surface area contributed by atoms with E-state index in [-0.39, 0.29) is 22.6 Å². The van der Waals surface area contributed by atoms with Gasteiger partial charge in [-0.3, -0.25) is 19.7 Å². The minimum atomic E-state index is -0.816. The fraction of sp³-hybridized carbons (Fsp3) is 0.222. The van der Waals surface area contributed by atoms with E-state index in [1.54, 1.807) is 42.5 Å². The van der Waals surface area contributed by atoms with Crippen molar-refractivity contribution >= 4 is 34.3 Å². The number of nitro groups is 1. The van der Waals surface area contributed by atoms with Crippen molar-refractivity contribution in [1.82, 2.24) is 10.3 Å². The largest absolute Gasteiger partial charge is 0.449 e. The van der Waals surface area contributed by atoms with Crippen molar-refractivity contribution in [3.8, 4) is 0 Å². The molecule has 2 aromatic heterocycles. The molecular formula is C27H23FN4O5. The van der Waals surface area contributed by atoms with E-state index in [1.807, 2.05) is 6.92 Å². The molecule has 9 nitrogen and oxygen atoms in total. The molecule has 0 saturated heterocycles. The molecule has 0 radical (unpaired) electrons. The van der Waals surface area contributed by atoms with Crippen LogP contribution in [0.1, 0.15) is 57.0 Å². The van der Waals surface area contributed by atoms with Gasteiger partial charge in [0.1, 0.15) is 11.3 Å². The maximum Gasteiger partial charge on any atom is 0.291 e. The number of hydrogen-bond acceptors (Lipinski definition) is 6. The van der Waals surface area contributed by atoms with Gasteiger partial charge in [-0.05, 0) is 69.0 Å². The Bertz CT molecular complexity index is 1560. The number of benzene rings is 2. The second kappa shape index (κ2) is 9.12. The summed E-state index contributed by atoms with van der Waals surface area (Å²) in [4.78, 5) is 40.7. The Labute approximate surface area is 210 Å². The van der Waals surface area contributed by atoms with Crippen LogP contribution in [0.25, 0.3) is 11.1 Å². The highest BCUT2D eigenvalue weighted by molar-refractivity contribution is 6.04. The predicted octanol–water partition coefficient (Wildman–Crippen LogP) is 5.55. The number of aromatic nitrogens is 1. The fourth-order valence-corrected chi connectivity index (χ4v) is 4.64. The number of fused-ring (bicyclic) bond motifs is 1. The summed E-state index contributed by atoms with van der Waals surface area (Å²) in [5.41, 5.74) is 1.84. The fourth-order valence-electron chi connectivity index (χ4n) is 4.64. The summed E-state index contributed by atoms with van der Waals surface area (Å²) in [6, 6.07) is 14.1. The van der Waals surface area contributed by atoms with Crippen LogP contribution in [0.2, 0.25) is 0 Å². The number of carbonyl (C=O) groups excluding carboxylic acids is 2. The number of halogens is 1. The zero-order valence-electron chi connectivity index (χ0n) is 20.1. The van der Waals surface area contributed by atoms with Gasteiger partial charge in [0.15, 0.2) is 11.3 Å². The van der Waals surface area contributed by atoms with Crippen molar-refractivity contribution in [3.05, 3.63) is 98.7 Å². The third-order valence-corrected chi connectivity index (χ3v) is 6.80. The highest BCUT2D eigenvalue weighted by Crippen LogP contribution is 2.42. The Morgan fingerprint density at radius 1 is 1.05 bits per heavy atom. The van der Waals surface area contributed by atoms with E-state index in [2.05, 4.69) is 15.6 Å². The average Bonchev–Trinajstić information content (AvgIpc) is 3.25. The molecule has 2 N–H and O–H groups in total. The molecule has 1 saturated carbocycles. The van der Waals surface area contributed by atoms with Crippen molar-refractivity contribution in [2.45, 2.75) is 38.6 Å². The maximum absolute atomic E-state index is 14.5. The number of anilines is 1. The maximum atomic E-state index is 14.5. The van der Waals surface area contributed by atoms with E-state index >= 15 is 0 Å². The van der Waals surface area contributed by atoms with Gasteiger partial charge in [0.25, 0.3) is 17.5 Å². The van der Waals surface area contributed by atoms with E-state index in [0.29, 0.717) is 29.6 Å². The SMILES string of the molecule is Cc1ccc2oc(C(=O)Nc3ccc(C4(NC(=O)c5c(F)ccc([N+](=O)[O-])c5C)CCC4)cc3)cc2n1. The molecule has 37 heavy (non-hydrogen) atoms. The van der Waals surface area contributed by atoms with Crippen LogP contribution in [-0.4, -0.2) is 21.7 Å². The van der Waals surface area contributed by atoms with Crippen LogP contribution in [-0.2, 0) is 5.54 Å². The number of aryl methyl sites for hydroxylation is 1. The molecule has 188 valence electrons. The minimum Gasteiger partial charge on any atom is -0.449 e. The van der Waals surface area contributed by atoms with E-state index < -0.39 is 28.1 Å². The lowest BCUT2D eigenvalue weighted by molar-refractivity contribution is -0.385. The van der Waals surface area contributed by atoms with Gasteiger partial charge >= 0.3 is 0 Å². The summed E-state index contributed by atoms with van der Waals surface area (Å²) in [5, 5.41) is 16.9. The van der Waals surface area contributed by atoms with Crippen LogP contribution in [0.15, 0.2) is 59.0 Å². The van der Waals surface area contributed by atoms with Crippen molar-refractivity contribution in [2.75, 3.05) is 5.32 Å². The molecule has 2 amide bonds. The number of furan rings is 1. The quantitative estimate of drug-likeness (QED) is 0.263. The smallest absolute Gasteiger partial charge is 0.291 e. The molecule has 5 rings (SSSR count). The molecule has 0 bridgehead atoms. The van der Waals surface area contributed by atoms with E-state index in [1.165, 1.54) is 6.92 Å². The number of hydrogen-bond donors (Lipinski definition) is 2. The van der Waals surface area contributed by atoms with Crippen LogP contribution in [0.3, 0.4) is 0 Å². The highest BCUT2D eigenvalue weighted by atomic mass is 19.1. The lowest BCUT2D eigenvalue weighted by atomic mass is 9.71. The Kier molecular flexibility index (Phi) is 5.94. The van der Waals surface area contributed by atoms with Crippen molar-refractivity contribution in [3.63, 3.8) is 0 Å². The van der Waals surface area contributed by atoms with Gasteiger partial charge in [0.05, 0.1) is 16.0 Å². The van der Waals surface area contributed by atoms with Gasteiger partial charge in [0.2, 0.25) is 0 Å². The standard InChI is InChI=1S/C27H23FN4O5/c1-15-4-11-22-20(29-15)14-23(37-22)25(33)30-18-7-5-17(6-8-18)27(12-3-13-27)31-26(34)24-16(2)21(32(35)36)10-9-19(24)28/h4-11,14H,3,12-13H2,1-2H3,(H,30,33)(H,31,34). The van der Waals surface area contributed by atoms with Gasteiger partial charge in [-0.15, -0.1) is 0 Å². The first-order valence-electron chi connectivity index (χ1n) is 11.7. The summed E-state index contributed by atoms with van der Waals surface area (Å²) in [5.74, 6) is -1.81. The third-order valence-electron chi connectivity index (χ3n) is 6.80. The van der Waals surface area contributed by atoms with Crippen molar-refractivity contribution in [2.24, 2.45) is 0 Å². The van der Waals surface area contributed by atoms with Crippen molar-refractivity contribution in [1.29, 1.82) is 0 Å². The van der Waals surface area contributed by atoms with Gasteiger partial charge in [-0.25, -0.2) is 9.37 Å². The minimum absolute atomic E-state index is 0.0222. The third kappa shape index (κ3) is 4.42. The van der Waals surface area contributed by atoms with Gasteiger partial charge < -0.3 is 15.1 Å². The number of pyridine rings is 1. The monoisotopic (exact) mass is 502 g/mol. The zero-order chi connectivity index (χ0) is 26.3. The van der Waals surface area contributed by atoms with E-state index in [4.69, 9.17) is 4.42 Å². The second-order valence-electron chi connectivity index (χ2n) is 9.19. The van der Waals surface area contributed by atoms with Gasteiger partial charge in [-0.2, -0.15) is 0 Å². The molecule has 4 aromatic rings. The molecule has 10 heteroatoms. The number of carbonyl (C=O) groups is 2. The van der Waals surface area contributed by atoms with Gasteiger partial charge in [0, 0.05) is 29.1 Å². The number of nitrogens with one attached hydrogen (secondary N) is 2. The normalized spacial score (nSPS) is 14.1. The molecular weight excluding hydrogens is 479 g/mol. The zero-order valence-corrected chi connectivity index (χ0v) is 20.1. The lowest BCUT2D eigenvalue weighted by Gasteiger charge is -2.43. The molecule has 2 heterocycles. The molecule has 1 aliphatic carbocycles. The molecule has 1 fully saturated rings. The second-order valence-corrected chi connectivity index (χ2v) is 9.19. The Morgan fingerprint density at radius 2 is 1.78 bits per heavy atom. The van der Waals surface area contributed by atoms with E-state index in [0.717, 1.165) is 29.8 Å². The number of nitrogens with zero attached hydrogens (tertiary/aromatic N) is 2. The molecule has 0 unspecified atom stereocenters. The van der Waals surface area contributed by atoms with Crippen molar-refractivity contribution < 1.29 is 23.3 Å². The number of amides is 2. The Morgan fingerprint density at radius 3 is 2.43 bits per heavy atom. The first-order chi connectivity index (χ1) is 17.7. The van der Waals surface area contributed by atoms with Crippen LogP contribution >= 0.6 is 0 Å². The molecule has 2 aromatic carbocycles. The molecule has 0 spiro atoms. The summed E-state index contributed by atoms with van der Waals surface area (Å²) < 4.78 is 20.1. The van der Waals surface area contributed by atoms with Crippen LogP contribution in [0, 0.1) is 29.8 Å². The summed E-state index contributed by atoms with van der Waals surface area (Å²) in [7, 11) is 0. The summed E-state index contributed by atoms with van der Waals surface area (Å²) >= 11 is 0. The molecule has 1 aliphatic rings. The van der Waals surface area contributed by atoms with Crippen LogP contribution in [0.5, 0.6) is 0 Å². The van der Waals surface area contributed by atoms with Gasteiger partial charge in [-0.1, -0.05) is 12.1 Å². The molecule has 0 aliphatic heterocycles. The summed E-state index contributed by atoms with van der Waals surface area (Å²) in [6.45, 7) is 3.21. The van der Waals surface area contributed by atoms with E-state index in [9.17, 15) is 24.1 Å². The van der Waals surface area contributed by atoms with Crippen LogP contribution in [0.4, 0.5) is 15.8 Å². The first kappa shape index (κ1) is 24.1. The summed E-state index contributed by atoms with van der Waals surface area (Å²) in [6.07, 6.45) is 2.12. The Balaban J connectivity index is 1.33. The topological polar surface area (TPSA) is 127 Å². The number of nitro benzene ring substituents is 1.